The number of nitrogens with one attached hydrogen (secondary N) is 1. The summed E-state index contributed by atoms with van der Waals surface area (Å²) in [7, 11) is 0. The highest BCUT2D eigenvalue weighted by atomic mass is 16.5. The molecule has 1 saturated heterocycles. The highest BCUT2D eigenvalue weighted by Crippen LogP contribution is 2.24. The van der Waals surface area contributed by atoms with Gasteiger partial charge in [0.2, 0.25) is 5.91 Å². The van der Waals surface area contributed by atoms with E-state index < -0.39 is 0 Å². The molecule has 0 atom stereocenters. The normalized spacial score (nSPS) is 19.6. The Balaban J connectivity index is 1.37. The molecule has 0 aromatic carbocycles. The minimum absolute atomic E-state index is 0.0366. The first kappa shape index (κ1) is 17.8. The Kier molecular flexibility index (Phi) is 5.94. The van der Waals surface area contributed by atoms with Crippen LogP contribution in [0.4, 0.5) is 0 Å². The van der Waals surface area contributed by atoms with Gasteiger partial charge >= 0.3 is 0 Å². The molecule has 1 N–H and O–H groups in total. The monoisotopic (exact) mass is 349 g/mol. The lowest BCUT2D eigenvalue weighted by molar-refractivity contribution is -0.134. The van der Waals surface area contributed by atoms with E-state index in [9.17, 15) is 9.59 Å². The maximum atomic E-state index is 12.3. The largest absolute Gasteiger partial charge is 0.465 e. The van der Waals surface area contributed by atoms with Crippen molar-refractivity contribution in [1.82, 2.24) is 15.4 Å². The van der Waals surface area contributed by atoms with Crippen molar-refractivity contribution in [2.24, 2.45) is 5.92 Å². The first-order valence-electron chi connectivity index (χ1n) is 9.26. The average molecular weight is 349 g/mol. The lowest BCUT2D eigenvalue weighted by Crippen LogP contribution is -2.48. The molecule has 1 aromatic rings. The molecule has 7 heteroatoms. The quantitative estimate of drug-likeness (QED) is 0.879. The van der Waals surface area contributed by atoms with Crippen LogP contribution in [0.15, 0.2) is 10.6 Å². The maximum Gasteiger partial charge on any atom is 0.260 e. The Morgan fingerprint density at radius 3 is 2.60 bits per heavy atom. The summed E-state index contributed by atoms with van der Waals surface area (Å²) in [5.41, 5.74) is 0. The fourth-order valence-electron chi connectivity index (χ4n) is 3.60. The van der Waals surface area contributed by atoms with Gasteiger partial charge in [-0.05, 0) is 37.8 Å². The third-order valence-electron chi connectivity index (χ3n) is 5.12. The van der Waals surface area contributed by atoms with Gasteiger partial charge < -0.3 is 19.5 Å². The van der Waals surface area contributed by atoms with Crippen LogP contribution in [0, 0.1) is 12.8 Å². The SMILES string of the molecule is Cc1cc(OCC(=O)N2CCC(NC(=O)C3CCCCC3)CC2)no1. The number of likely N-dealkylation sites (tertiary alicyclic amines) is 1. The molecule has 25 heavy (non-hydrogen) atoms. The van der Waals surface area contributed by atoms with Crippen LogP contribution in [-0.2, 0) is 9.59 Å². The van der Waals surface area contributed by atoms with Gasteiger partial charge in [0.1, 0.15) is 5.76 Å². The summed E-state index contributed by atoms with van der Waals surface area (Å²) in [5, 5.41) is 6.88. The summed E-state index contributed by atoms with van der Waals surface area (Å²) in [5.74, 6) is 1.32. The van der Waals surface area contributed by atoms with E-state index in [1.165, 1.54) is 6.42 Å². The van der Waals surface area contributed by atoms with E-state index in [1.54, 1.807) is 17.9 Å². The molecule has 0 spiro atoms. The molecule has 3 rings (SSSR count). The molecule has 2 amide bonds. The van der Waals surface area contributed by atoms with Gasteiger partial charge in [-0.25, -0.2) is 0 Å². The van der Waals surface area contributed by atoms with Gasteiger partial charge in [0.05, 0.1) is 0 Å². The first-order chi connectivity index (χ1) is 12.1. The fraction of sp³-hybridized carbons (Fsp3) is 0.722. The number of aromatic nitrogens is 1. The van der Waals surface area contributed by atoms with Gasteiger partial charge in [0.25, 0.3) is 11.8 Å². The van der Waals surface area contributed by atoms with E-state index in [1.807, 2.05) is 0 Å². The molecule has 1 aromatic heterocycles. The summed E-state index contributed by atoms with van der Waals surface area (Å²) in [4.78, 5) is 26.3. The van der Waals surface area contributed by atoms with Crippen molar-refractivity contribution >= 4 is 11.8 Å². The molecule has 2 fully saturated rings. The van der Waals surface area contributed by atoms with E-state index in [0.717, 1.165) is 38.5 Å². The zero-order chi connectivity index (χ0) is 17.6. The van der Waals surface area contributed by atoms with Crippen LogP contribution in [0.3, 0.4) is 0 Å². The number of hydrogen-bond acceptors (Lipinski definition) is 5. The summed E-state index contributed by atoms with van der Waals surface area (Å²) >= 11 is 0. The van der Waals surface area contributed by atoms with Gasteiger partial charge in [-0.15, -0.1) is 0 Å². The minimum Gasteiger partial charge on any atom is -0.465 e. The highest BCUT2D eigenvalue weighted by Gasteiger charge is 2.27. The lowest BCUT2D eigenvalue weighted by atomic mass is 9.88. The molecule has 2 aliphatic rings. The zero-order valence-electron chi connectivity index (χ0n) is 14.8. The number of carbonyl (C=O) groups is 2. The second-order valence-electron chi connectivity index (χ2n) is 7.06. The van der Waals surface area contributed by atoms with Crippen molar-refractivity contribution in [2.75, 3.05) is 19.7 Å². The second-order valence-corrected chi connectivity index (χ2v) is 7.06. The number of nitrogens with zero attached hydrogens (tertiary/aromatic N) is 2. The molecule has 0 unspecified atom stereocenters. The summed E-state index contributed by atoms with van der Waals surface area (Å²) in [6, 6.07) is 1.83. The Morgan fingerprint density at radius 2 is 1.96 bits per heavy atom. The third-order valence-corrected chi connectivity index (χ3v) is 5.12. The van der Waals surface area contributed by atoms with Crippen LogP contribution in [0.5, 0.6) is 5.88 Å². The molecule has 1 saturated carbocycles. The number of piperidine rings is 1. The topological polar surface area (TPSA) is 84.7 Å². The average Bonchev–Trinajstić information content (AvgIpc) is 3.06. The molecular weight excluding hydrogens is 322 g/mol. The van der Waals surface area contributed by atoms with Crippen molar-refractivity contribution in [2.45, 2.75) is 57.9 Å². The minimum atomic E-state index is -0.0577. The molecule has 0 radical (unpaired) electrons. The zero-order valence-corrected chi connectivity index (χ0v) is 14.8. The fourth-order valence-corrected chi connectivity index (χ4v) is 3.60. The van der Waals surface area contributed by atoms with Gasteiger partial charge in [0, 0.05) is 31.1 Å². The number of ether oxygens (including phenoxy) is 1. The highest BCUT2D eigenvalue weighted by molar-refractivity contribution is 5.79. The predicted octanol–water partition coefficient (Wildman–Crippen LogP) is 2.05. The van der Waals surface area contributed by atoms with E-state index in [-0.39, 0.29) is 30.4 Å². The molecule has 1 aliphatic carbocycles. The van der Waals surface area contributed by atoms with E-state index in [0.29, 0.717) is 24.7 Å². The van der Waals surface area contributed by atoms with Gasteiger partial charge in [-0.1, -0.05) is 19.3 Å². The van der Waals surface area contributed by atoms with E-state index in [2.05, 4.69) is 10.5 Å². The second kappa shape index (κ2) is 8.36. The number of rotatable bonds is 5. The van der Waals surface area contributed by atoms with Crippen molar-refractivity contribution in [3.63, 3.8) is 0 Å². The summed E-state index contributed by atoms with van der Waals surface area (Å²) in [6.07, 6.45) is 7.21. The van der Waals surface area contributed by atoms with Crippen LogP contribution < -0.4 is 10.1 Å². The Morgan fingerprint density at radius 1 is 1.24 bits per heavy atom. The first-order valence-corrected chi connectivity index (χ1v) is 9.26. The maximum absolute atomic E-state index is 12.3. The van der Waals surface area contributed by atoms with Gasteiger partial charge in [0.15, 0.2) is 6.61 Å². The Hall–Kier alpha value is -2.05. The molecular formula is C18H27N3O4. The van der Waals surface area contributed by atoms with Crippen LogP contribution in [0.1, 0.15) is 50.7 Å². The van der Waals surface area contributed by atoms with Gasteiger partial charge in [-0.2, -0.15) is 0 Å². The predicted molar refractivity (Wildman–Crippen MR) is 91.1 cm³/mol. The number of amides is 2. The van der Waals surface area contributed by atoms with Crippen molar-refractivity contribution < 1.29 is 18.8 Å². The van der Waals surface area contributed by atoms with Crippen LogP contribution >= 0.6 is 0 Å². The Labute approximate surface area is 148 Å². The standard InChI is InChI=1S/C18H27N3O4/c1-13-11-16(20-25-13)24-12-17(22)21-9-7-15(8-10-21)19-18(23)14-5-3-2-4-6-14/h11,14-15H,2-10,12H2,1H3,(H,19,23). The third kappa shape index (κ3) is 4.96. The molecule has 138 valence electrons. The number of carbonyl (C=O) groups excluding carboxylic acids is 2. The van der Waals surface area contributed by atoms with Crippen molar-refractivity contribution in [3.8, 4) is 5.88 Å². The Bertz CT molecular complexity index is 587. The summed E-state index contributed by atoms with van der Waals surface area (Å²) < 4.78 is 10.2. The van der Waals surface area contributed by atoms with E-state index >= 15 is 0 Å². The van der Waals surface area contributed by atoms with Crippen molar-refractivity contribution in [3.05, 3.63) is 11.8 Å². The lowest BCUT2D eigenvalue weighted by Gasteiger charge is -2.33. The summed E-state index contributed by atoms with van der Waals surface area (Å²) in [6.45, 7) is 3.03. The smallest absolute Gasteiger partial charge is 0.260 e. The van der Waals surface area contributed by atoms with Crippen LogP contribution in [0.2, 0.25) is 0 Å². The molecule has 7 nitrogen and oxygen atoms in total. The van der Waals surface area contributed by atoms with Gasteiger partial charge in [-0.3, -0.25) is 9.59 Å². The van der Waals surface area contributed by atoms with Crippen molar-refractivity contribution in [1.29, 1.82) is 0 Å². The van der Waals surface area contributed by atoms with E-state index in [4.69, 9.17) is 9.26 Å². The van der Waals surface area contributed by atoms with Crippen LogP contribution in [0.25, 0.3) is 0 Å². The number of hydrogen-bond donors (Lipinski definition) is 1. The molecule has 2 heterocycles. The molecule has 1 aliphatic heterocycles. The molecule has 0 bridgehead atoms. The number of aryl methyl sites for hydroxylation is 1. The van der Waals surface area contributed by atoms with Crippen LogP contribution in [-0.4, -0.2) is 47.6 Å².